The third-order valence-electron chi connectivity index (χ3n) is 6.59. The maximum absolute atomic E-state index is 5.61. The summed E-state index contributed by atoms with van der Waals surface area (Å²) in [5.74, 6) is 1.63. The summed E-state index contributed by atoms with van der Waals surface area (Å²) in [6, 6.07) is 8.63. The Bertz CT molecular complexity index is 1270. The van der Waals surface area contributed by atoms with E-state index in [1.54, 1.807) is 0 Å². The lowest BCUT2D eigenvalue weighted by molar-refractivity contribution is 0.122. The molecule has 1 N–H and O–H groups in total. The van der Waals surface area contributed by atoms with Gasteiger partial charge in [-0.15, -0.1) is 0 Å². The Balaban J connectivity index is 1.50. The first kappa shape index (κ1) is 19.8. The molecular formula is C25H30N6O. The maximum atomic E-state index is 5.61. The van der Waals surface area contributed by atoms with E-state index < -0.39 is 0 Å². The summed E-state index contributed by atoms with van der Waals surface area (Å²) < 4.78 is 7.93. The Morgan fingerprint density at radius 3 is 2.81 bits per heavy atom. The van der Waals surface area contributed by atoms with Crippen molar-refractivity contribution in [3.63, 3.8) is 0 Å². The van der Waals surface area contributed by atoms with Crippen LogP contribution in [0.15, 0.2) is 36.7 Å². The van der Waals surface area contributed by atoms with E-state index in [1.807, 2.05) is 6.20 Å². The minimum Gasteiger partial charge on any atom is -0.378 e. The highest BCUT2D eigenvalue weighted by molar-refractivity contribution is 5.85. The number of H-pyrrole nitrogens is 1. The number of morpholine rings is 1. The highest BCUT2D eigenvalue weighted by Crippen LogP contribution is 2.31. The second-order valence-electron chi connectivity index (χ2n) is 9.41. The first-order valence-electron chi connectivity index (χ1n) is 11.7. The number of aromatic nitrogens is 4. The van der Waals surface area contributed by atoms with Crippen molar-refractivity contribution in [3.05, 3.63) is 48.0 Å². The average molecular weight is 431 g/mol. The number of rotatable bonds is 4. The van der Waals surface area contributed by atoms with Crippen molar-refractivity contribution < 1.29 is 4.74 Å². The monoisotopic (exact) mass is 430 g/mol. The fourth-order valence-electron chi connectivity index (χ4n) is 5.06. The molecule has 166 valence electrons. The molecule has 1 fully saturated rings. The SMILES string of the molecule is CC(C)CN1CCc2nc3c(N4CCOCC4)nc(-c4ccc5[nH]ccc5c4)cn3c2C1. The second-order valence-corrected chi connectivity index (χ2v) is 9.41. The topological polar surface area (TPSA) is 61.7 Å². The molecule has 1 aromatic carbocycles. The van der Waals surface area contributed by atoms with Crippen molar-refractivity contribution in [1.29, 1.82) is 0 Å². The fraction of sp³-hybridized carbons (Fsp3) is 0.440. The number of aromatic amines is 1. The molecule has 0 atom stereocenters. The first-order valence-corrected chi connectivity index (χ1v) is 11.7. The summed E-state index contributed by atoms with van der Waals surface area (Å²) in [7, 11) is 0. The van der Waals surface area contributed by atoms with E-state index in [-0.39, 0.29) is 0 Å². The molecule has 4 aromatic rings. The Labute approximate surface area is 188 Å². The molecule has 7 nitrogen and oxygen atoms in total. The van der Waals surface area contributed by atoms with Gasteiger partial charge in [0.15, 0.2) is 11.5 Å². The van der Waals surface area contributed by atoms with Crippen molar-refractivity contribution in [1.82, 2.24) is 24.3 Å². The second kappa shape index (κ2) is 7.90. The Hall–Kier alpha value is -2.90. The molecule has 0 radical (unpaired) electrons. The van der Waals surface area contributed by atoms with Gasteiger partial charge in [0, 0.05) is 68.0 Å². The molecule has 7 heteroatoms. The summed E-state index contributed by atoms with van der Waals surface area (Å²) in [6.07, 6.45) is 5.18. The molecule has 0 saturated carbocycles. The van der Waals surface area contributed by atoms with Gasteiger partial charge in [0.25, 0.3) is 0 Å². The van der Waals surface area contributed by atoms with Gasteiger partial charge in [0.2, 0.25) is 0 Å². The van der Waals surface area contributed by atoms with E-state index in [4.69, 9.17) is 14.7 Å². The van der Waals surface area contributed by atoms with Crippen LogP contribution in [0, 0.1) is 5.92 Å². The summed E-state index contributed by atoms with van der Waals surface area (Å²) in [5, 5.41) is 1.20. The zero-order valence-corrected chi connectivity index (χ0v) is 18.8. The molecule has 2 aliphatic rings. The molecule has 6 rings (SSSR count). The fourth-order valence-corrected chi connectivity index (χ4v) is 5.06. The maximum Gasteiger partial charge on any atom is 0.180 e. The van der Waals surface area contributed by atoms with Crippen LogP contribution in [0.3, 0.4) is 0 Å². The van der Waals surface area contributed by atoms with Crippen LogP contribution in [0.4, 0.5) is 5.82 Å². The van der Waals surface area contributed by atoms with Gasteiger partial charge < -0.3 is 14.6 Å². The zero-order chi connectivity index (χ0) is 21.7. The molecule has 2 aliphatic heterocycles. The van der Waals surface area contributed by atoms with Gasteiger partial charge in [-0.25, -0.2) is 9.97 Å². The van der Waals surface area contributed by atoms with Gasteiger partial charge in [0.05, 0.1) is 30.3 Å². The van der Waals surface area contributed by atoms with E-state index in [0.29, 0.717) is 5.92 Å². The van der Waals surface area contributed by atoms with Crippen LogP contribution in [-0.4, -0.2) is 63.6 Å². The van der Waals surface area contributed by atoms with Crippen molar-refractivity contribution in [2.45, 2.75) is 26.8 Å². The average Bonchev–Trinajstić information content (AvgIpc) is 3.42. The number of nitrogens with zero attached hydrogens (tertiary/aromatic N) is 5. The molecule has 3 aromatic heterocycles. The van der Waals surface area contributed by atoms with E-state index in [0.717, 1.165) is 80.6 Å². The van der Waals surface area contributed by atoms with Gasteiger partial charge in [-0.3, -0.25) is 9.30 Å². The highest BCUT2D eigenvalue weighted by Gasteiger charge is 2.26. The third-order valence-corrected chi connectivity index (χ3v) is 6.59. The minimum absolute atomic E-state index is 0.657. The normalized spacial score (nSPS) is 17.5. The molecule has 32 heavy (non-hydrogen) atoms. The van der Waals surface area contributed by atoms with Gasteiger partial charge in [-0.05, 0) is 24.1 Å². The minimum atomic E-state index is 0.657. The molecular weight excluding hydrogens is 400 g/mol. The number of anilines is 1. The van der Waals surface area contributed by atoms with Crippen LogP contribution >= 0.6 is 0 Å². The quantitative estimate of drug-likeness (QED) is 0.535. The van der Waals surface area contributed by atoms with Crippen molar-refractivity contribution in [3.8, 4) is 11.3 Å². The Morgan fingerprint density at radius 2 is 1.97 bits per heavy atom. The molecule has 0 unspecified atom stereocenters. The van der Waals surface area contributed by atoms with Crippen molar-refractivity contribution in [2.75, 3.05) is 44.3 Å². The van der Waals surface area contributed by atoms with E-state index in [1.165, 1.54) is 16.8 Å². The molecule has 0 spiro atoms. The molecule has 0 aliphatic carbocycles. The molecule has 0 amide bonds. The van der Waals surface area contributed by atoms with Gasteiger partial charge in [-0.2, -0.15) is 0 Å². The lowest BCUT2D eigenvalue weighted by Gasteiger charge is -2.29. The lowest BCUT2D eigenvalue weighted by Crippen LogP contribution is -2.37. The smallest absolute Gasteiger partial charge is 0.180 e. The van der Waals surface area contributed by atoms with Crippen LogP contribution < -0.4 is 4.90 Å². The van der Waals surface area contributed by atoms with Crippen molar-refractivity contribution >= 4 is 22.4 Å². The number of nitrogens with one attached hydrogen (secondary N) is 1. The summed E-state index contributed by atoms with van der Waals surface area (Å²) in [4.78, 5) is 18.4. The van der Waals surface area contributed by atoms with Crippen LogP contribution in [0.2, 0.25) is 0 Å². The standard InChI is InChI=1S/C25H30N6O/c1-17(2)14-29-8-6-21-23(16-29)31-15-22(18-3-4-20-19(13-18)5-7-26-20)28-24(25(31)27-21)30-9-11-32-12-10-30/h3-5,7,13,15,17,26H,6,8-12,14,16H2,1-2H3. The Kier molecular flexibility index (Phi) is 4.88. The lowest BCUT2D eigenvalue weighted by atomic mass is 10.1. The van der Waals surface area contributed by atoms with E-state index >= 15 is 0 Å². The molecule has 5 heterocycles. The van der Waals surface area contributed by atoms with Gasteiger partial charge in [0.1, 0.15) is 0 Å². The largest absolute Gasteiger partial charge is 0.378 e. The van der Waals surface area contributed by atoms with Crippen LogP contribution in [0.1, 0.15) is 25.2 Å². The number of ether oxygens (including phenoxy) is 1. The van der Waals surface area contributed by atoms with Crippen LogP contribution in [0.5, 0.6) is 0 Å². The van der Waals surface area contributed by atoms with Crippen LogP contribution in [-0.2, 0) is 17.7 Å². The third kappa shape index (κ3) is 3.45. The first-order chi connectivity index (χ1) is 15.7. The van der Waals surface area contributed by atoms with Gasteiger partial charge in [-0.1, -0.05) is 19.9 Å². The summed E-state index contributed by atoms with van der Waals surface area (Å²) in [5.41, 5.74) is 6.78. The predicted molar refractivity (Wildman–Crippen MR) is 127 cm³/mol. The van der Waals surface area contributed by atoms with E-state index in [2.05, 4.69) is 63.5 Å². The predicted octanol–water partition coefficient (Wildman–Crippen LogP) is 3.73. The number of benzene rings is 1. The molecule has 1 saturated heterocycles. The van der Waals surface area contributed by atoms with Crippen LogP contribution in [0.25, 0.3) is 27.8 Å². The number of fused-ring (bicyclic) bond motifs is 4. The number of hydrogen-bond acceptors (Lipinski definition) is 5. The van der Waals surface area contributed by atoms with Crippen molar-refractivity contribution in [2.24, 2.45) is 5.92 Å². The zero-order valence-electron chi connectivity index (χ0n) is 18.8. The molecule has 0 bridgehead atoms. The van der Waals surface area contributed by atoms with Gasteiger partial charge >= 0.3 is 0 Å². The van der Waals surface area contributed by atoms with E-state index in [9.17, 15) is 0 Å². The summed E-state index contributed by atoms with van der Waals surface area (Å²) >= 11 is 0. The number of imidazole rings is 1. The summed E-state index contributed by atoms with van der Waals surface area (Å²) in [6.45, 7) is 10.9. The number of hydrogen-bond donors (Lipinski definition) is 1. The highest BCUT2D eigenvalue weighted by atomic mass is 16.5. The Morgan fingerprint density at radius 1 is 1.09 bits per heavy atom.